The minimum atomic E-state index is -0.522. The number of furan rings is 1. The predicted octanol–water partition coefficient (Wildman–Crippen LogP) is 1.55. The van der Waals surface area contributed by atoms with Gasteiger partial charge in [-0.25, -0.2) is 9.37 Å². The number of hydrogen-bond acceptors (Lipinski definition) is 5. The molecular weight excluding hydrogens is 339 g/mol. The Kier molecular flexibility index (Phi) is 5.13. The number of hydrogen-bond donors (Lipinski definition) is 1. The fourth-order valence-corrected chi connectivity index (χ4v) is 2.68. The number of likely N-dealkylation sites (N-methyl/N-ethyl adjacent to an activating group) is 1. The second-order valence-electron chi connectivity index (χ2n) is 6.14. The van der Waals surface area contributed by atoms with Crippen LogP contribution in [-0.2, 0) is 11.3 Å². The van der Waals surface area contributed by atoms with Gasteiger partial charge in [0.1, 0.15) is 18.1 Å². The third-order valence-electron chi connectivity index (χ3n) is 4.09. The van der Waals surface area contributed by atoms with Crippen molar-refractivity contribution in [3.05, 3.63) is 64.9 Å². The number of nitrogens with one attached hydrogen (secondary N) is 1. The molecule has 1 atom stereocenters. The Labute approximate surface area is 149 Å². The summed E-state index contributed by atoms with van der Waals surface area (Å²) in [4.78, 5) is 30.7. The molecule has 0 aliphatic rings. The van der Waals surface area contributed by atoms with E-state index in [2.05, 4.69) is 10.3 Å². The molecule has 8 heteroatoms. The van der Waals surface area contributed by atoms with Crippen LogP contribution in [0.25, 0.3) is 10.9 Å². The first-order valence-electron chi connectivity index (χ1n) is 8.07. The normalized spacial score (nSPS) is 12.5. The number of fused-ring (bicyclic) bond motifs is 1. The predicted molar refractivity (Wildman–Crippen MR) is 94.1 cm³/mol. The molecule has 2 aromatic heterocycles. The number of carbonyl (C=O) groups is 1. The first kappa shape index (κ1) is 17.8. The summed E-state index contributed by atoms with van der Waals surface area (Å²) in [5.74, 6) is -0.135. The minimum absolute atomic E-state index is 0.130. The van der Waals surface area contributed by atoms with Gasteiger partial charge in [0.15, 0.2) is 0 Å². The lowest BCUT2D eigenvalue weighted by Crippen LogP contribution is -2.37. The van der Waals surface area contributed by atoms with Crippen molar-refractivity contribution >= 4 is 16.8 Å². The average molecular weight is 358 g/mol. The fraction of sp³-hybridized carbons (Fsp3) is 0.278. The Bertz CT molecular complexity index is 966. The molecule has 0 aliphatic heterocycles. The van der Waals surface area contributed by atoms with Gasteiger partial charge in [0.25, 0.3) is 5.56 Å². The lowest BCUT2D eigenvalue weighted by molar-refractivity contribution is -0.122. The molecule has 7 nitrogen and oxygen atoms in total. The molecule has 0 aliphatic carbocycles. The van der Waals surface area contributed by atoms with E-state index in [-0.39, 0.29) is 23.9 Å². The molecule has 0 radical (unpaired) electrons. The zero-order valence-corrected chi connectivity index (χ0v) is 14.5. The molecule has 0 bridgehead atoms. The van der Waals surface area contributed by atoms with Gasteiger partial charge < -0.3 is 9.73 Å². The van der Waals surface area contributed by atoms with Crippen molar-refractivity contribution in [2.45, 2.75) is 12.6 Å². The van der Waals surface area contributed by atoms with Crippen molar-refractivity contribution in [2.75, 3.05) is 20.6 Å². The van der Waals surface area contributed by atoms with E-state index < -0.39 is 11.4 Å². The second-order valence-corrected chi connectivity index (χ2v) is 6.14. The van der Waals surface area contributed by atoms with Crippen LogP contribution in [0.4, 0.5) is 4.39 Å². The Balaban J connectivity index is 1.71. The van der Waals surface area contributed by atoms with E-state index in [4.69, 9.17) is 4.42 Å². The summed E-state index contributed by atoms with van der Waals surface area (Å²) in [6.45, 7) is 0.125. The third kappa shape index (κ3) is 3.80. The quantitative estimate of drug-likeness (QED) is 0.723. The van der Waals surface area contributed by atoms with E-state index >= 15 is 0 Å². The molecule has 3 aromatic rings. The van der Waals surface area contributed by atoms with Crippen LogP contribution in [0.5, 0.6) is 0 Å². The van der Waals surface area contributed by atoms with Crippen LogP contribution in [0.2, 0.25) is 0 Å². The zero-order chi connectivity index (χ0) is 18.7. The monoisotopic (exact) mass is 358 g/mol. The Hall–Kier alpha value is -3.00. The van der Waals surface area contributed by atoms with Gasteiger partial charge in [-0.05, 0) is 44.4 Å². The Morgan fingerprint density at radius 3 is 2.88 bits per heavy atom. The molecule has 3 rings (SSSR count). The molecule has 0 saturated carbocycles. The van der Waals surface area contributed by atoms with Gasteiger partial charge in [-0.1, -0.05) is 0 Å². The highest BCUT2D eigenvalue weighted by Gasteiger charge is 2.18. The van der Waals surface area contributed by atoms with Crippen LogP contribution in [0.1, 0.15) is 11.8 Å². The second kappa shape index (κ2) is 7.49. The summed E-state index contributed by atoms with van der Waals surface area (Å²) in [5.41, 5.74) is -0.0709. The van der Waals surface area contributed by atoms with Gasteiger partial charge in [0, 0.05) is 6.54 Å². The van der Waals surface area contributed by atoms with Crippen LogP contribution in [-0.4, -0.2) is 41.0 Å². The van der Waals surface area contributed by atoms with Crippen molar-refractivity contribution in [2.24, 2.45) is 0 Å². The number of benzene rings is 1. The summed E-state index contributed by atoms with van der Waals surface area (Å²) in [7, 11) is 3.76. The van der Waals surface area contributed by atoms with Crippen molar-refractivity contribution < 1.29 is 13.6 Å². The van der Waals surface area contributed by atoms with E-state index in [0.717, 1.165) is 16.4 Å². The molecule has 1 unspecified atom stereocenters. The van der Waals surface area contributed by atoms with E-state index in [1.54, 1.807) is 12.3 Å². The number of carbonyl (C=O) groups excluding carboxylic acids is 1. The molecule has 136 valence electrons. The summed E-state index contributed by atoms with van der Waals surface area (Å²) in [6.07, 6.45) is 2.87. The molecule has 0 spiro atoms. The topological polar surface area (TPSA) is 80.4 Å². The summed E-state index contributed by atoms with van der Waals surface area (Å²) in [6, 6.07) is 7.28. The van der Waals surface area contributed by atoms with Gasteiger partial charge in [-0.15, -0.1) is 0 Å². The minimum Gasteiger partial charge on any atom is -0.468 e. The van der Waals surface area contributed by atoms with Crippen LogP contribution in [0.3, 0.4) is 0 Å². The lowest BCUT2D eigenvalue weighted by Gasteiger charge is -2.22. The highest BCUT2D eigenvalue weighted by Crippen LogP contribution is 2.17. The fourth-order valence-electron chi connectivity index (χ4n) is 2.68. The van der Waals surface area contributed by atoms with Gasteiger partial charge in [0.2, 0.25) is 5.91 Å². The molecule has 0 saturated heterocycles. The van der Waals surface area contributed by atoms with Crippen LogP contribution < -0.4 is 10.9 Å². The van der Waals surface area contributed by atoms with Crippen LogP contribution in [0.15, 0.2) is 52.1 Å². The summed E-state index contributed by atoms with van der Waals surface area (Å²) < 4.78 is 19.9. The smallest absolute Gasteiger partial charge is 0.261 e. The maximum atomic E-state index is 13.4. The molecule has 1 amide bonds. The van der Waals surface area contributed by atoms with Crippen molar-refractivity contribution in [1.82, 2.24) is 19.8 Å². The van der Waals surface area contributed by atoms with Crippen molar-refractivity contribution in [1.29, 1.82) is 0 Å². The van der Waals surface area contributed by atoms with Gasteiger partial charge in [0.05, 0.1) is 29.5 Å². The number of amides is 1. The van der Waals surface area contributed by atoms with Crippen molar-refractivity contribution in [3.8, 4) is 0 Å². The third-order valence-corrected chi connectivity index (χ3v) is 4.09. The standard InChI is InChI=1S/C18H19FN4O3/c1-22(2)15(16-4-3-7-26-16)9-20-17(24)10-23-11-21-14-6-5-12(19)8-13(14)18(23)25/h3-8,11,15H,9-10H2,1-2H3,(H,20,24). The zero-order valence-electron chi connectivity index (χ0n) is 14.5. The Morgan fingerprint density at radius 1 is 1.38 bits per heavy atom. The van der Waals surface area contributed by atoms with Gasteiger partial charge in [-0.2, -0.15) is 0 Å². The van der Waals surface area contributed by atoms with E-state index in [1.165, 1.54) is 18.5 Å². The van der Waals surface area contributed by atoms with E-state index in [9.17, 15) is 14.0 Å². The number of aromatic nitrogens is 2. The maximum Gasteiger partial charge on any atom is 0.261 e. The van der Waals surface area contributed by atoms with Gasteiger partial charge >= 0.3 is 0 Å². The number of halogens is 1. The SMILES string of the molecule is CN(C)C(CNC(=O)Cn1cnc2ccc(F)cc2c1=O)c1ccco1. The molecule has 2 heterocycles. The first-order valence-corrected chi connectivity index (χ1v) is 8.07. The van der Waals surface area contributed by atoms with Crippen molar-refractivity contribution in [3.63, 3.8) is 0 Å². The summed E-state index contributed by atoms with van der Waals surface area (Å²) in [5, 5.41) is 2.93. The first-order chi connectivity index (χ1) is 12.5. The van der Waals surface area contributed by atoms with E-state index in [1.807, 2.05) is 25.1 Å². The maximum absolute atomic E-state index is 13.4. The highest BCUT2D eigenvalue weighted by atomic mass is 19.1. The summed E-state index contributed by atoms with van der Waals surface area (Å²) >= 11 is 0. The molecule has 1 aromatic carbocycles. The van der Waals surface area contributed by atoms with Gasteiger partial charge in [-0.3, -0.25) is 19.1 Å². The number of nitrogens with zero attached hydrogens (tertiary/aromatic N) is 3. The number of rotatable bonds is 6. The largest absolute Gasteiger partial charge is 0.468 e. The Morgan fingerprint density at radius 2 is 2.19 bits per heavy atom. The molecule has 0 fully saturated rings. The molecule has 26 heavy (non-hydrogen) atoms. The van der Waals surface area contributed by atoms with Crippen LogP contribution in [0, 0.1) is 5.82 Å². The molecule has 1 N–H and O–H groups in total. The molecular formula is C18H19FN4O3. The average Bonchev–Trinajstić information content (AvgIpc) is 3.12. The van der Waals surface area contributed by atoms with Crippen LogP contribution >= 0.6 is 0 Å². The highest BCUT2D eigenvalue weighted by molar-refractivity contribution is 5.79. The van der Waals surface area contributed by atoms with E-state index in [0.29, 0.717) is 12.1 Å². The lowest BCUT2D eigenvalue weighted by atomic mass is 10.2.